The minimum absolute atomic E-state index is 0.0861. The van der Waals surface area contributed by atoms with Gasteiger partial charge in [-0.25, -0.2) is 13.4 Å². The number of sulfone groups is 1. The van der Waals surface area contributed by atoms with Gasteiger partial charge in [-0.3, -0.25) is 4.79 Å². The normalized spacial score (nSPS) is 19.6. The summed E-state index contributed by atoms with van der Waals surface area (Å²) in [5, 5.41) is 14.2. The zero-order chi connectivity index (χ0) is 13.2. The van der Waals surface area contributed by atoms with Gasteiger partial charge in [0.2, 0.25) is 0 Å². The van der Waals surface area contributed by atoms with Crippen molar-refractivity contribution < 1.29 is 18.3 Å². The number of rotatable bonds is 4. The lowest BCUT2D eigenvalue weighted by atomic mass is 10.2. The molecule has 1 aromatic heterocycles. The second-order valence-electron chi connectivity index (χ2n) is 4.28. The zero-order valence-corrected chi connectivity index (χ0v) is 11.3. The van der Waals surface area contributed by atoms with Crippen molar-refractivity contribution in [1.29, 1.82) is 0 Å². The highest BCUT2D eigenvalue weighted by atomic mass is 32.2. The zero-order valence-electron chi connectivity index (χ0n) is 9.63. The SMILES string of the molecule is O=C(O)Cc1csc(NC2CCS(=O)(=O)CC2)n1. The van der Waals surface area contributed by atoms with E-state index < -0.39 is 15.8 Å². The molecule has 0 aliphatic carbocycles. The Morgan fingerprint density at radius 1 is 1.50 bits per heavy atom. The van der Waals surface area contributed by atoms with Gasteiger partial charge in [0.15, 0.2) is 5.13 Å². The van der Waals surface area contributed by atoms with E-state index in [4.69, 9.17) is 5.11 Å². The molecule has 0 saturated carbocycles. The lowest BCUT2D eigenvalue weighted by molar-refractivity contribution is -0.136. The van der Waals surface area contributed by atoms with E-state index in [1.165, 1.54) is 11.3 Å². The first kappa shape index (κ1) is 13.3. The number of thiazole rings is 1. The van der Waals surface area contributed by atoms with Crippen LogP contribution in [0.15, 0.2) is 5.38 Å². The summed E-state index contributed by atoms with van der Waals surface area (Å²) in [7, 11) is -2.85. The Morgan fingerprint density at radius 2 is 2.17 bits per heavy atom. The molecule has 0 radical (unpaired) electrons. The fourth-order valence-corrected chi connectivity index (χ4v) is 4.10. The quantitative estimate of drug-likeness (QED) is 0.850. The summed E-state index contributed by atoms with van der Waals surface area (Å²) in [6.45, 7) is 0. The van der Waals surface area contributed by atoms with Gasteiger partial charge in [-0.15, -0.1) is 11.3 Å². The smallest absolute Gasteiger partial charge is 0.309 e. The number of nitrogens with zero attached hydrogens (tertiary/aromatic N) is 1. The Hall–Kier alpha value is -1.15. The molecular weight excluding hydrogens is 276 g/mol. The molecule has 0 atom stereocenters. The molecule has 8 heteroatoms. The summed E-state index contributed by atoms with van der Waals surface area (Å²) < 4.78 is 22.5. The van der Waals surface area contributed by atoms with Crippen LogP contribution in [0.4, 0.5) is 5.13 Å². The molecule has 1 fully saturated rings. The Kier molecular flexibility index (Phi) is 3.86. The molecule has 0 aromatic carbocycles. The molecule has 0 unspecified atom stereocenters. The number of nitrogens with one attached hydrogen (secondary N) is 1. The molecule has 18 heavy (non-hydrogen) atoms. The number of carboxylic acids is 1. The molecule has 2 heterocycles. The van der Waals surface area contributed by atoms with Crippen molar-refractivity contribution in [2.45, 2.75) is 25.3 Å². The van der Waals surface area contributed by atoms with E-state index in [0.29, 0.717) is 23.7 Å². The maximum absolute atomic E-state index is 11.3. The Bertz CT molecular complexity index is 524. The van der Waals surface area contributed by atoms with Gasteiger partial charge >= 0.3 is 5.97 Å². The number of anilines is 1. The minimum atomic E-state index is -2.85. The molecule has 1 aliphatic rings. The highest BCUT2D eigenvalue weighted by molar-refractivity contribution is 7.91. The summed E-state index contributed by atoms with van der Waals surface area (Å²) >= 11 is 1.35. The van der Waals surface area contributed by atoms with Gasteiger partial charge in [-0.2, -0.15) is 0 Å². The summed E-state index contributed by atoms with van der Waals surface area (Å²) in [4.78, 5) is 14.7. The van der Waals surface area contributed by atoms with Gasteiger partial charge in [0.1, 0.15) is 9.84 Å². The molecule has 1 aromatic rings. The number of aliphatic carboxylic acids is 1. The fourth-order valence-electron chi connectivity index (χ4n) is 1.82. The van der Waals surface area contributed by atoms with Gasteiger partial charge in [0.25, 0.3) is 0 Å². The highest BCUT2D eigenvalue weighted by Crippen LogP contribution is 2.21. The first-order valence-electron chi connectivity index (χ1n) is 5.58. The van der Waals surface area contributed by atoms with Crippen molar-refractivity contribution in [2.75, 3.05) is 16.8 Å². The van der Waals surface area contributed by atoms with E-state index in [1.54, 1.807) is 5.38 Å². The van der Waals surface area contributed by atoms with E-state index in [1.807, 2.05) is 0 Å². The second kappa shape index (κ2) is 5.23. The third-order valence-corrected chi connectivity index (χ3v) is 5.30. The van der Waals surface area contributed by atoms with Gasteiger partial charge in [0.05, 0.1) is 23.6 Å². The van der Waals surface area contributed by atoms with Crippen LogP contribution < -0.4 is 5.32 Å². The molecule has 2 N–H and O–H groups in total. The molecule has 1 saturated heterocycles. The van der Waals surface area contributed by atoms with E-state index in [2.05, 4.69) is 10.3 Å². The minimum Gasteiger partial charge on any atom is -0.481 e. The lowest BCUT2D eigenvalue weighted by Gasteiger charge is -2.22. The first-order valence-corrected chi connectivity index (χ1v) is 8.28. The van der Waals surface area contributed by atoms with Crippen molar-refractivity contribution in [3.05, 3.63) is 11.1 Å². The maximum Gasteiger partial charge on any atom is 0.309 e. The summed E-state index contributed by atoms with van der Waals surface area (Å²) in [5.41, 5.74) is 0.526. The summed E-state index contributed by atoms with van der Waals surface area (Å²) in [5.74, 6) is -0.494. The fraction of sp³-hybridized carbons (Fsp3) is 0.600. The molecule has 0 spiro atoms. The van der Waals surface area contributed by atoms with Crippen LogP contribution in [0.5, 0.6) is 0 Å². The molecule has 6 nitrogen and oxygen atoms in total. The van der Waals surface area contributed by atoms with Crippen LogP contribution in [0.25, 0.3) is 0 Å². The van der Waals surface area contributed by atoms with Crippen molar-refractivity contribution in [3.63, 3.8) is 0 Å². The van der Waals surface area contributed by atoms with E-state index in [-0.39, 0.29) is 24.0 Å². The van der Waals surface area contributed by atoms with Crippen LogP contribution in [0.2, 0.25) is 0 Å². The van der Waals surface area contributed by atoms with E-state index >= 15 is 0 Å². The average Bonchev–Trinajstić information content (AvgIpc) is 2.68. The third kappa shape index (κ3) is 3.67. The monoisotopic (exact) mass is 290 g/mol. The number of aromatic nitrogens is 1. The number of hydrogen-bond acceptors (Lipinski definition) is 6. The molecule has 2 rings (SSSR count). The molecule has 0 amide bonds. The first-order chi connectivity index (χ1) is 8.44. The predicted octanol–water partition coefficient (Wildman–Crippen LogP) is 0.759. The van der Waals surface area contributed by atoms with Gasteiger partial charge in [0, 0.05) is 11.4 Å². The van der Waals surface area contributed by atoms with Crippen LogP contribution in [0, 0.1) is 0 Å². The van der Waals surface area contributed by atoms with Crippen molar-refractivity contribution in [3.8, 4) is 0 Å². The summed E-state index contributed by atoms with van der Waals surface area (Å²) in [6, 6.07) is 0.109. The third-order valence-electron chi connectivity index (χ3n) is 2.77. The van der Waals surface area contributed by atoms with Crippen molar-refractivity contribution in [1.82, 2.24) is 4.98 Å². The van der Waals surface area contributed by atoms with Crippen molar-refractivity contribution >= 4 is 32.3 Å². The Morgan fingerprint density at radius 3 is 2.78 bits per heavy atom. The van der Waals surface area contributed by atoms with Gasteiger partial charge < -0.3 is 10.4 Å². The number of hydrogen-bond donors (Lipinski definition) is 2. The summed E-state index contributed by atoms with van der Waals surface area (Å²) in [6.07, 6.45) is 1.07. The molecular formula is C10H14N2O4S2. The Labute approximate surface area is 109 Å². The lowest BCUT2D eigenvalue weighted by Crippen LogP contribution is -2.32. The predicted molar refractivity (Wildman–Crippen MR) is 68.8 cm³/mol. The van der Waals surface area contributed by atoms with Crippen LogP contribution in [0.1, 0.15) is 18.5 Å². The average molecular weight is 290 g/mol. The van der Waals surface area contributed by atoms with E-state index in [0.717, 1.165) is 0 Å². The molecule has 0 bridgehead atoms. The standard InChI is InChI=1S/C10H14N2O4S2/c13-9(14)5-8-6-17-10(12-8)11-7-1-3-18(15,16)4-2-7/h6-7H,1-5H2,(H,11,12)(H,13,14). The maximum atomic E-state index is 11.3. The van der Waals surface area contributed by atoms with Gasteiger partial charge in [-0.05, 0) is 12.8 Å². The van der Waals surface area contributed by atoms with Crippen LogP contribution in [-0.4, -0.2) is 42.0 Å². The molecule has 100 valence electrons. The topological polar surface area (TPSA) is 96.4 Å². The highest BCUT2D eigenvalue weighted by Gasteiger charge is 2.24. The van der Waals surface area contributed by atoms with Crippen molar-refractivity contribution in [2.24, 2.45) is 0 Å². The van der Waals surface area contributed by atoms with Crippen LogP contribution in [0.3, 0.4) is 0 Å². The van der Waals surface area contributed by atoms with Gasteiger partial charge in [-0.1, -0.05) is 0 Å². The van der Waals surface area contributed by atoms with E-state index in [9.17, 15) is 13.2 Å². The number of carboxylic acid groups (broad SMARTS) is 1. The Balaban J connectivity index is 1.90. The second-order valence-corrected chi connectivity index (χ2v) is 7.45. The molecule has 1 aliphatic heterocycles. The largest absolute Gasteiger partial charge is 0.481 e. The number of carbonyl (C=O) groups is 1. The van der Waals surface area contributed by atoms with Crippen LogP contribution in [-0.2, 0) is 21.1 Å². The van der Waals surface area contributed by atoms with Crippen LogP contribution >= 0.6 is 11.3 Å².